The van der Waals surface area contributed by atoms with Crippen molar-refractivity contribution in [2.75, 3.05) is 5.73 Å². The Kier molecular flexibility index (Phi) is 2.04. The molecule has 2 heterocycles. The Labute approximate surface area is 97.7 Å². The van der Waals surface area contributed by atoms with Gasteiger partial charge in [-0.3, -0.25) is 5.10 Å². The van der Waals surface area contributed by atoms with Gasteiger partial charge in [0.25, 0.3) is 0 Å². The summed E-state index contributed by atoms with van der Waals surface area (Å²) in [4.78, 5) is 8.40. The highest BCUT2D eigenvalue weighted by atomic mass is 15.2. The van der Waals surface area contributed by atoms with Crippen LogP contribution in [-0.2, 0) is 0 Å². The molecule has 0 unspecified atom stereocenters. The molecule has 0 radical (unpaired) electrons. The molecule has 5 nitrogen and oxygen atoms in total. The second-order valence-electron chi connectivity index (χ2n) is 3.87. The van der Waals surface area contributed by atoms with Crippen LogP contribution in [0.1, 0.15) is 5.56 Å². The van der Waals surface area contributed by atoms with E-state index in [-0.39, 0.29) is 0 Å². The summed E-state index contributed by atoms with van der Waals surface area (Å²) in [6.45, 7) is 2.04. The van der Waals surface area contributed by atoms with Crippen molar-refractivity contribution >= 4 is 16.9 Å². The van der Waals surface area contributed by atoms with Crippen molar-refractivity contribution in [3.05, 3.63) is 36.2 Å². The van der Waals surface area contributed by atoms with Gasteiger partial charge >= 0.3 is 0 Å². The lowest BCUT2D eigenvalue weighted by Crippen LogP contribution is -1.92. The van der Waals surface area contributed by atoms with Gasteiger partial charge in [-0.05, 0) is 12.5 Å². The summed E-state index contributed by atoms with van der Waals surface area (Å²) in [6.07, 6.45) is 1.50. The molecule has 1 aromatic carbocycles. The molecule has 0 bridgehead atoms. The number of rotatable bonds is 1. The zero-order valence-corrected chi connectivity index (χ0v) is 9.31. The Morgan fingerprint density at radius 2 is 2.00 bits per heavy atom. The number of benzene rings is 1. The Morgan fingerprint density at radius 3 is 2.82 bits per heavy atom. The fourth-order valence-electron chi connectivity index (χ4n) is 1.92. The van der Waals surface area contributed by atoms with E-state index in [1.807, 2.05) is 31.2 Å². The van der Waals surface area contributed by atoms with Crippen LogP contribution in [0.4, 0.5) is 5.82 Å². The third-order valence-corrected chi connectivity index (χ3v) is 2.78. The number of aryl methyl sites for hydroxylation is 1. The fraction of sp³-hybridized carbons (Fsp3) is 0.0833. The number of hydrogen-bond donors (Lipinski definition) is 2. The highest BCUT2D eigenvalue weighted by molar-refractivity contribution is 5.98. The van der Waals surface area contributed by atoms with Crippen molar-refractivity contribution in [3.63, 3.8) is 0 Å². The summed E-state index contributed by atoms with van der Waals surface area (Å²) in [5, 5.41) is 7.54. The van der Waals surface area contributed by atoms with Gasteiger partial charge in [-0.25, -0.2) is 9.97 Å². The molecule has 3 aromatic rings. The zero-order chi connectivity index (χ0) is 11.8. The lowest BCUT2D eigenvalue weighted by molar-refractivity contribution is 1.09. The first-order valence-corrected chi connectivity index (χ1v) is 5.28. The van der Waals surface area contributed by atoms with Gasteiger partial charge in [-0.1, -0.05) is 24.3 Å². The van der Waals surface area contributed by atoms with Gasteiger partial charge in [0.05, 0.1) is 11.1 Å². The number of H-pyrrole nitrogens is 1. The third-order valence-electron chi connectivity index (χ3n) is 2.78. The van der Waals surface area contributed by atoms with Crippen LogP contribution in [0.5, 0.6) is 0 Å². The first-order chi connectivity index (χ1) is 8.27. The summed E-state index contributed by atoms with van der Waals surface area (Å²) >= 11 is 0. The molecular weight excluding hydrogens is 214 g/mol. The lowest BCUT2D eigenvalue weighted by atomic mass is 10.0. The zero-order valence-electron chi connectivity index (χ0n) is 9.31. The van der Waals surface area contributed by atoms with E-state index in [0.717, 1.165) is 22.2 Å². The third kappa shape index (κ3) is 1.44. The van der Waals surface area contributed by atoms with Gasteiger partial charge in [0.1, 0.15) is 12.1 Å². The Bertz CT molecular complexity index is 686. The van der Waals surface area contributed by atoms with Crippen LogP contribution in [0.25, 0.3) is 22.3 Å². The standard InChI is InChI=1S/C12H11N5/c1-7-4-2-3-5-8(7)10-9-11(13)16-17-12(9)15-6-14-10/h2-6H,1H3,(H3,13,14,15,16,17). The maximum Gasteiger partial charge on any atom is 0.186 e. The van der Waals surface area contributed by atoms with Crippen LogP contribution in [0.2, 0.25) is 0 Å². The largest absolute Gasteiger partial charge is 0.383 e. The number of fused-ring (bicyclic) bond motifs is 1. The molecule has 0 fully saturated rings. The molecule has 3 N–H and O–H groups in total. The number of nitrogens with zero attached hydrogens (tertiary/aromatic N) is 3. The quantitative estimate of drug-likeness (QED) is 0.663. The molecule has 0 aliphatic heterocycles. The van der Waals surface area contributed by atoms with Gasteiger partial charge in [0.15, 0.2) is 5.65 Å². The maximum absolute atomic E-state index is 5.87. The molecule has 0 aliphatic carbocycles. The molecule has 5 heteroatoms. The van der Waals surface area contributed by atoms with Crippen molar-refractivity contribution in [2.24, 2.45) is 0 Å². The molecule has 0 saturated heterocycles. The molecule has 0 aliphatic rings. The predicted molar refractivity (Wildman–Crippen MR) is 66.3 cm³/mol. The van der Waals surface area contributed by atoms with E-state index in [0.29, 0.717) is 11.5 Å². The van der Waals surface area contributed by atoms with Crippen molar-refractivity contribution in [1.29, 1.82) is 0 Å². The molecule has 0 spiro atoms. The molecule has 2 aromatic heterocycles. The summed E-state index contributed by atoms with van der Waals surface area (Å²) < 4.78 is 0. The number of hydrogen-bond acceptors (Lipinski definition) is 4. The van der Waals surface area contributed by atoms with Crippen LogP contribution < -0.4 is 5.73 Å². The Morgan fingerprint density at radius 1 is 1.18 bits per heavy atom. The first-order valence-electron chi connectivity index (χ1n) is 5.28. The molecule has 0 amide bonds. The molecular formula is C12H11N5. The number of nitrogens with one attached hydrogen (secondary N) is 1. The number of aromatic amines is 1. The van der Waals surface area contributed by atoms with Crippen LogP contribution in [-0.4, -0.2) is 20.2 Å². The number of anilines is 1. The van der Waals surface area contributed by atoms with Crippen molar-refractivity contribution in [1.82, 2.24) is 20.2 Å². The fourth-order valence-corrected chi connectivity index (χ4v) is 1.92. The topological polar surface area (TPSA) is 80.5 Å². The highest BCUT2D eigenvalue weighted by Crippen LogP contribution is 2.29. The van der Waals surface area contributed by atoms with E-state index in [4.69, 9.17) is 5.73 Å². The van der Waals surface area contributed by atoms with Gasteiger partial charge in [-0.2, -0.15) is 5.10 Å². The van der Waals surface area contributed by atoms with Crippen LogP contribution in [0, 0.1) is 6.92 Å². The van der Waals surface area contributed by atoms with Crippen molar-refractivity contribution in [2.45, 2.75) is 6.92 Å². The highest BCUT2D eigenvalue weighted by Gasteiger charge is 2.13. The molecule has 17 heavy (non-hydrogen) atoms. The van der Waals surface area contributed by atoms with Crippen molar-refractivity contribution in [3.8, 4) is 11.3 Å². The Hall–Kier alpha value is -2.43. The van der Waals surface area contributed by atoms with E-state index < -0.39 is 0 Å². The average Bonchev–Trinajstić information content (AvgIpc) is 2.72. The van der Waals surface area contributed by atoms with Gasteiger partial charge in [0.2, 0.25) is 0 Å². The van der Waals surface area contributed by atoms with E-state index in [9.17, 15) is 0 Å². The normalized spacial score (nSPS) is 10.9. The van der Waals surface area contributed by atoms with Crippen LogP contribution in [0.3, 0.4) is 0 Å². The number of aromatic nitrogens is 4. The monoisotopic (exact) mass is 225 g/mol. The van der Waals surface area contributed by atoms with E-state index in [2.05, 4.69) is 20.2 Å². The number of nitrogens with two attached hydrogens (primary N) is 1. The van der Waals surface area contributed by atoms with Gasteiger partial charge in [0, 0.05) is 5.56 Å². The minimum absolute atomic E-state index is 0.499. The smallest absolute Gasteiger partial charge is 0.186 e. The van der Waals surface area contributed by atoms with E-state index in [1.165, 1.54) is 6.33 Å². The predicted octanol–water partition coefficient (Wildman–Crippen LogP) is 1.91. The summed E-state index contributed by atoms with van der Waals surface area (Å²) in [6, 6.07) is 8.03. The van der Waals surface area contributed by atoms with Crippen LogP contribution in [0.15, 0.2) is 30.6 Å². The maximum atomic E-state index is 5.87. The number of nitrogen functional groups attached to an aromatic ring is 1. The lowest BCUT2D eigenvalue weighted by Gasteiger charge is -2.05. The molecule has 0 atom stereocenters. The second kappa shape index (κ2) is 3.55. The van der Waals surface area contributed by atoms with E-state index >= 15 is 0 Å². The van der Waals surface area contributed by atoms with Crippen molar-refractivity contribution < 1.29 is 0 Å². The molecule has 3 rings (SSSR count). The first kappa shape index (κ1) is 9.77. The van der Waals surface area contributed by atoms with Gasteiger partial charge < -0.3 is 5.73 Å². The summed E-state index contributed by atoms with van der Waals surface area (Å²) in [5.41, 5.74) is 9.47. The van der Waals surface area contributed by atoms with Gasteiger partial charge in [-0.15, -0.1) is 0 Å². The van der Waals surface area contributed by atoms with E-state index in [1.54, 1.807) is 0 Å². The minimum atomic E-state index is 0.499. The average molecular weight is 225 g/mol. The summed E-state index contributed by atoms with van der Waals surface area (Å²) in [7, 11) is 0. The molecule has 0 saturated carbocycles. The molecule has 84 valence electrons. The minimum Gasteiger partial charge on any atom is -0.383 e. The summed E-state index contributed by atoms with van der Waals surface area (Å²) in [5.74, 6) is 0.499. The second-order valence-corrected chi connectivity index (χ2v) is 3.87. The Balaban J connectivity index is 2.38. The van der Waals surface area contributed by atoms with Crippen LogP contribution >= 0.6 is 0 Å². The SMILES string of the molecule is Cc1ccccc1-c1ncnc2n[nH]c(N)c12.